The lowest BCUT2D eigenvalue weighted by Gasteiger charge is -2.02. The van der Waals surface area contributed by atoms with E-state index in [0.29, 0.717) is 22.3 Å². The number of halogens is 1. The van der Waals surface area contributed by atoms with Gasteiger partial charge in [0, 0.05) is 11.5 Å². The fraction of sp³-hybridized carbons (Fsp3) is 0.250. The smallest absolute Gasteiger partial charge is 0.409 e. The molecule has 0 radical (unpaired) electrons. The molecule has 0 heterocycles. The van der Waals surface area contributed by atoms with Gasteiger partial charge >= 0.3 is 6.09 Å². The van der Waals surface area contributed by atoms with Crippen molar-refractivity contribution in [1.82, 2.24) is 0 Å². The molecule has 1 saturated carbocycles. The summed E-state index contributed by atoms with van der Waals surface area (Å²) in [6.45, 7) is 0. The first-order chi connectivity index (χ1) is 7.65. The fourth-order valence-corrected chi connectivity index (χ4v) is 1.35. The monoisotopic (exact) mass is 235 g/mol. The number of amides is 1. The zero-order chi connectivity index (χ0) is 11.5. The quantitative estimate of drug-likeness (QED) is 0.761. The predicted molar refractivity (Wildman–Crippen MR) is 61.3 cm³/mol. The van der Waals surface area contributed by atoms with Crippen molar-refractivity contribution in [1.29, 1.82) is 0 Å². The first-order valence-corrected chi connectivity index (χ1v) is 5.31. The molecule has 0 spiro atoms. The highest BCUT2D eigenvalue weighted by Gasteiger charge is 2.17. The third kappa shape index (κ3) is 2.91. The van der Waals surface area contributed by atoms with E-state index in [1.54, 1.807) is 18.2 Å². The van der Waals surface area contributed by atoms with E-state index >= 15 is 0 Å². The van der Waals surface area contributed by atoms with Crippen molar-refractivity contribution in [3.63, 3.8) is 0 Å². The van der Waals surface area contributed by atoms with Gasteiger partial charge in [-0.15, -0.1) is 0 Å². The van der Waals surface area contributed by atoms with E-state index in [1.165, 1.54) is 0 Å². The second-order valence-electron chi connectivity index (χ2n) is 3.61. The third-order valence-electron chi connectivity index (χ3n) is 2.14. The van der Waals surface area contributed by atoms with E-state index in [2.05, 4.69) is 11.8 Å². The number of nitrogens with two attached hydrogens (primary N) is 1. The Morgan fingerprint density at radius 1 is 1.50 bits per heavy atom. The lowest BCUT2D eigenvalue weighted by atomic mass is 10.2. The zero-order valence-electron chi connectivity index (χ0n) is 8.50. The molecule has 0 aromatic heterocycles. The zero-order valence-corrected chi connectivity index (χ0v) is 9.25. The first kappa shape index (κ1) is 10.8. The molecule has 0 saturated heterocycles. The van der Waals surface area contributed by atoms with Crippen LogP contribution < -0.4 is 10.5 Å². The maximum absolute atomic E-state index is 10.6. The molecule has 1 amide bonds. The number of rotatable bonds is 1. The molecule has 1 aliphatic rings. The lowest BCUT2D eigenvalue weighted by Crippen LogP contribution is -2.16. The van der Waals surface area contributed by atoms with Crippen LogP contribution in [0.2, 0.25) is 5.02 Å². The van der Waals surface area contributed by atoms with Gasteiger partial charge < -0.3 is 10.5 Å². The average molecular weight is 236 g/mol. The number of primary amides is 1. The largest absolute Gasteiger partial charge is 0.410 e. The molecule has 1 aromatic rings. The summed E-state index contributed by atoms with van der Waals surface area (Å²) in [5.41, 5.74) is 5.57. The minimum atomic E-state index is -0.844. The SMILES string of the molecule is NC(=O)Oc1ccc(Cl)c(C#CC2CC2)c1. The molecule has 1 aromatic carbocycles. The van der Waals surface area contributed by atoms with Crippen LogP contribution in [0.3, 0.4) is 0 Å². The van der Waals surface area contributed by atoms with Crippen molar-refractivity contribution in [2.75, 3.05) is 0 Å². The minimum absolute atomic E-state index is 0.358. The maximum atomic E-state index is 10.6. The summed E-state index contributed by atoms with van der Waals surface area (Å²) in [5, 5.41) is 0.546. The van der Waals surface area contributed by atoms with Crippen molar-refractivity contribution in [3.8, 4) is 17.6 Å². The maximum Gasteiger partial charge on any atom is 0.409 e. The van der Waals surface area contributed by atoms with E-state index in [9.17, 15) is 4.79 Å². The van der Waals surface area contributed by atoms with Gasteiger partial charge in [0.25, 0.3) is 0 Å². The Morgan fingerprint density at radius 2 is 2.25 bits per heavy atom. The predicted octanol–water partition coefficient (Wildman–Crippen LogP) is 2.56. The molecule has 0 bridgehead atoms. The van der Waals surface area contributed by atoms with Crippen LogP contribution in [0.4, 0.5) is 4.79 Å². The molecule has 1 aliphatic carbocycles. The Labute approximate surface area is 98.5 Å². The molecule has 4 heteroatoms. The molecule has 2 rings (SSSR count). The first-order valence-electron chi connectivity index (χ1n) is 4.93. The Kier molecular flexibility index (Phi) is 3.02. The lowest BCUT2D eigenvalue weighted by molar-refractivity contribution is 0.211. The van der Waals surface area contributed by atoms with Gasteiger partial charge in [-0.3, -0.25) is 0 Å². The third-order valence-corrected chi connectivity index (χ3v) is 2.47. The van der Waals surface area contributed by atoms with Gasteiger partial charge in [-0.25, -0.2) is 4.79 Å². The van der Waals surface area contributed by atoms with Crippen LogP contribution in [0.15, 0.2) is 18.2 Å². The van der Waals surface area contributed by atoms with E-state index in [0.717, 1.165) is 12.8 Å². The number of benzene rings is 1. The molecule has 16 heavy (non-hydrogen) atoms. The summed E-state index contributed by atoms with van der Waals surface area (Å²) in [6, 6.07) is 4.83. The Hall–Kier alpha value is -1.66. The second-order valence-corrected chi connectivity index (χ2v) is 4.01. The summed E-state index contributed by atoms with van der Waals surface area (Å²) in [4.78, 5) is 10.6. The van der Waals surface area contributed by atoms with Gasteiger partial charge in [-0.2, -0.15) is 0 Å². The van der Waals surface area contributed by atoms with Crippen LogP contribution in [0.25, 0.3) is 0 Å². The summed E-state index contributed by atoms with van der Waals surface area (Å²) in [6.07, 6.45) is 1.47. The highest BCUT2D eigenvalue weighted by molar-refractivity contribution is 6.31. The summed E-state index contributed by atoms with van der Waals surface area (Å²) in [5.74, 6) is 6.92. The van der Waals surface area contributed by atoms with Gasteiger partial charge in [0.1, 0.15) is 5.75 Å². The van der Waals surface area contributed by atoms with Gasteiger partial charge in [-0.1, -0.05) is 23.4 Å². The molecular formula is C12H10ClNO2. The van der Waals surface area contributed by atoms with E-state index in [4.69, 9.17) is 22.1 Å². The average Bonchev–Trinajstić information content (AvgIpc) is 3.02. The molecule has 1 fully saturated rings. The number of carbonyl (C=O) groups excluding carboxylic acids is 1. The number of carbonyl (C=O) groups is 1. The normalized spacial score (nSPS) is 13.8. The second kappa shape index (κ2) is 4.46. The minimum Gasteiger partial charge on any atom is -0.410 e. The highest BCUT2D eigenvalue weighted by atomic mass is 35.5. The molecule has 2 N–H and O–H groups in total. The van der Waals surface area contributed by atoms with E-state index < -0.39 is 6.09 Å². The molecule has 3 nitrogen and oxygen atoms in total. The number of hydrogen-bond donors (Lipinski definition) is 1. The molecule has 0 aliphatic heterocycles. The topological polar surface area (TPSA) is 52.3 Å². The standard InChI is InChI=1S/C12H10ClNO2/c13-11-6-5-10(16-12(14)15)7-9(11)4-3-8-1-2-8/h5-8H,1-2H2,(H2,14,15). The van der Waals surface area contributed by atoms with Crippen molar-refractivity contribution in [2.45, 2.75) is 12.8 Å². The van der Waals surface area contributed by atoms with Gasteiger partial charge in [0.2, 0.25) is 0 Å². The van der Waals surface area contributed by atoms with Crippen LogP contribution in [0.5, 0.6) is 5.75 Å². The van der Waals surface area contributed by atoms with Crippen LogP contribution in [-0.4, -0.2) is 6.09 Å². The van der Waals surface area contributed by atoms with Gasteiger partial charge in [-0.05, 0) is 31.0 Å². The van der Waals surface area contributed by atoms with Crippen LogP contribution in [-0.2, 0) is 0 Å². The molecule has 0 unspecified atom stereocenters. The summed E-state index contributed by atoms with van der Waals surface area (Å²) in [7, 11) is 0. The van der Waals surface area contributed by atoms with E-state index in [-0.39, 0.29) is 0 Å². The molecular weight excluding hydrogens is 226 g/mol. The fourth-order valence-electron chi connectivity index (χ4n) is 1.19. The van der Waals surface area contributed by atoms with Gasteiger partial charge in [0.05, 0.1) is 5.02 Å². The summed E-state index contributed by atoms with van der Waals surface area (Å²) >= 11 is 5.96. The summed E-state index contributed by atoms with van der Waals surface area (Å²) < 4.78 is 4.74. The van der Waals surface area contributed by atoms with Crippen molar-refractivity contribution >= 4 is 17.7 Å². The molecule has 82 valence electrons. The Morgan fingerprint density at radius 3 is 2.88 bits per heavy atom. The van der Waals surface area contributed by atoms with Crippen LogP contribution >= 0.6 is 11.6 Å². The highest BCUT2D eigenvalue weighted by Crippen LogP contribution is 2.28. The Bertz CT molecular complexity index is 484. The van der Waals surface area contributed by atoms with E-state index in [1.807, 2.05) is 0 Å². The number of hydrogen-bond acceptors (Lipinski definition) is 2. The molecule has 0 atom stereocenters. The van der Waals surface area contributed by atoms with Crippen LogP contribution in [0.1, 0.15) is 18.4 Å². The number of ether oxygens (including phenoxy) is 1. The van der Waals surface area contributed by atoms with Crippen LogP contribution in [0, 0.1) is 17.8 Å². The van der Waals surface area contributed by atoms with Crippen molar-refractivity contribution in [2.24, 2.45) is 11.7 Å². The van der Waals surface area contributed by atoms with Crippen molar-refractivity contribution in [3.05, 3.63) is 28.8 Å². The van der Waals surface area contributed by atoms with Gasteiger partial charge in [0.15, 0.2) is 0 Å². The Balaban J connectivity index is 2.22. The van der Waals surface area contributed by atoms with Crippen molar-refractivity contribution < 1.29 is 9.53 Å².